The second-order valence-corrected chi connectivity index (χ2v) is 15.6. The molecule has 7 rings (SSSR count). The predicted octanol–water partition coefficient (Wildman–Crippen LogP) is 4.68. The quantitative estimate of drug-likeness (QED) is 0.354. The van der Waals surface area contributed by atoms with Gasteiger partial charge in [0.1, 0.15) is 5.02 Å². The number of anilines is 2. The molecule has 12 heteroatoms. The predicted molar refractivity (Wildman–Crippen MR) is 199 cm³/mol. The fourth-order valence-electron chi connectivity index (χ4n) is 8.74. The van der Waals surface area contributed by atoms with Crippen molar-refractivity contribution in [3.05, 3.63) is 86.3 Å². The van der Waals surface area contributed by atoms with Crippen molar-refractivity contribution in [1.29, 1.82) is 0 Å². The Morgan fingerprint density at radius 3 is 2.35 bits per heavy atom. The number of carbonyl (C=O) groups excluding carboxylic acids is 3. The highest BCUT2D eigenvalue weighted by atomic mass is 35.5. The first kappa shape index (κ1) is 35.2. The smallest absolute Gasteiger partial charge is 0.287 e. The highest BCUT2D eigenvalue weighted by Crippen LogP contribution is 2.43. The van der Waals surface area contributed by atoms with Gasteiger partial charge in [0.2, 0.25) is 11.8 Å². The van der Waals surface area contributed by atoms with Crippen molar-refractivity contribution in [2.75, 3.05) is 56.5 Å². The number of hydrogen-bond acceptors (Lipinski definition) is 8. The number of hydrogen-bond donors (Lipinski definition) is 2. The van der Waals surface area contributed by atoms with Crippen LogP contribution in [0.5, 0.6) is 0 Å². The first-order chi connectivity index (χ1) is 24.5. The van der Waals surface area contributed by atoms with Gasteiger partial charge in [-0.1, -0.05) is 29.8 Å². The lowest BCUT2D eigenvalue weighted by molar-refractivity contribution is -0.134. The number of likely N-dealkylation sites (tertiary alicyclic amines) is 2. The van der Waals surface area contributed by atoms with Gasteiger partial charge in [-0.05, 0) is 105 Å². The Hall–Kier alpha value is -4.22. The van der Waals surface area contributed by atoms with Crippen molar-refractivity contribution in [2.45, 2.75) is 69.7 Å². The molecule has 4 aliphatic heterocycles. The summed E-state index contributed by atoms with van der Waals surface area (Å²) >= 11 is 6.32. The van der Waals surface area contributed by atoms with Crippen LogP contribution in [0.15, 0.2) is 53.5 Å². The lowest BCUT2D eigenvalue weighted by Gasteiger charge is -2.47. The Morgan fingerprint density at radius 1 is 0.961 bits per heavy atom. The molecule has 4 aliphatic rings. The standard InChI is InChI=1S/C39H48ClN7O4/c1-25-20-30(8-9-31(25)32-10-11-34(48)43-36(32)49)46-16-12-39(13-17-46)14-18-47(19-15-39)37(50)27-6-4-26(5-7-27)28-21-29(24-44(2)23-28)42-33-22-41-45(3)38(51)35(33)40/h4-9,20,22,28-29,32,42H,10-19,21,23-24H2,1-3H3,(H,43,48,49)/t28-,29+,32?/m0/s1. The molecule has 11 nitrogen and oxygen atoms in total. The third-order valence-corrected chi connectivity index (χ3v) is 12.2. The number of carbonyl (C=O) groups is 3. The Morgan fingerprint density at radius 2 is 1.67 bits per heavy atom. The van der Waals surface area contributed by atoms with E-state index in [1.807, 2.05) is 17.0 Å². The summed E-state index contributed by atoms with van der Waals surface area (Å²) in [5, 5.41) is 10.2. The number of benzene rings is 2. The van der Waals surface area contributed by atoms with Crippen LogP contribution in [0.2, 0.25) is 5.02 Å². The van der Waals surface area contributed by atoms with Crippen LogP contribution in [0.25, 0.3) is 0 Å². The molecule has 5 heterocycles. The molecule has 3 aromatic rings. The third kappa shape index (κ3) is 7.42. The van der Waals surface area contributed by atoms with Crippen molar-refractivity contribution in [1.82, 2.24) is 24.9 Å². The van der Waals surface area contributed by atoms with E-state index in [2.05, 4.69) is 69.8 Å². The average molecular weight is 714 g/mol. The van der Waals surface area contributed by atoms with Crippen LogP contribution in [-0.4, -0.2) is 89.7 Å². The van der Waals surface area contributed by atoms with E-state index in [0.717, 1.165) is 88.1 Å². The van der Waals surface area contributed by atoms with Gasteiger partial charge in [0.05, 0.1) is 17.8 Å². The molecule has 0 aliphatic carbocycles. The normalized spacial score (nSPS) is 24.0. The molecule has 1 spiro atoms. The van der Waals surface area contributed by atoms with Crippen LogP contribution < -0.4 is 21.1 Å². The van der Waals surface area contributed by atoms with Crippen LogP contribution in [0.1, 0.15) is 83.8 Å². The molecular weight excluding hydrogens is 666 g/mol. The van der Waals surface area contributed by atoms with Crippen LogP contribution >= 0.6 is 11.6 Å². The molecule has 4 fully saturated rings. The molecule has 2 aromatic carbocycles. The van der Waals surface area contributed by atoms with Gasteiger partial charge in [0.15, 0.2) is 0 Å². The highest BCUT2D eigenvalue weighted by molar-refractivity contribution is 6.32. The van der Waals surface area contributed by atoms with Crippen LogP contribution in [0.4, 0.5) is 11.4 Å². The summed E-state index contributed by atoms with van der Waals surface area (Å²) in [5.41, 5.74) is 5.72. The van der Waals surface area contributed by atoms with Crippen LogP contribution in [0.3, 0.4) is 0 Å². The molecular formula is C39H48ClN7O4. The number of aromatic nitrogens is 2. The average Bonchev–Trinajstić information content (AvgIpc) is 3.12. The van der Waals surface area contributed by atoms with Gasteiger partial charge >= 0.3 is 0 Å². The van der Waals surface area contributed by atoms with Crippen molar-refractivity contribution in [3.63, 3.8) is 0 Å². The first-order valence-electron chi connectivity index (χ1n) is 18.2. The van der Waals surface area contributed by atoms with Crippen molar-refractivity contribution >= 4 is 40.7 Å². The summed E-state index contributed by atoms with van der Waals surface area (Å²) in [6, 6.07) is 14.6. The lowest BCUT2D eigenvalue weighted by Crippen LogP contribution is -2.48. The number of nitrogens with one attached hydrogen (secondary N) is 2. The Kier molecular flexibility index (Phi) is 9.95. The number of piperidine rings is 4. The van der Waals surface area contributed by atoms with Crippen LogP contribution in [-0.2, 0) is 16.6 Å². The summed E-state index contributed by atoms with van der Waals surface area (Å²) in [6.45, 7) is 7.31. The molecule has 0 saturated carbocycles. The van der Waals surface area contributed by atoms with Gasteiger partial charge in [-0.2, -0.15) is 5.10 Å². The van der Waals surface area contributed by atoms with Crippen LogP contribution in [0, 0.1) is 12.3 Å². The van der Waals surface area contributed by atoms with Gasteiger partial charge in [-0.15, -0.1) is 0 Å². The minimum atomic E-state index is -0.320. The van der Waals surface area contributed by atoms with E-state index in [1.165, 1.54) is 15.9 Å². The molecule has 270 valence electrons. The fraction of sp³-hybridized carbons (Fsp3) is 0.513. The maximum atomic E-state index is 13.6. The second-order valence-electron chi connectivity index (χ2n) is 15.2. The number of amides is 3. The maximum absolute atomic E-state index is 13.6. The first-order valence-corrected chi connectivity index (χ1v) is 18.6. The lowest BCUT2D eigenvalue weighted by atomic mass is 9.71. The number of aryl methyl sites for hydroxylation is 2. The largest absolute Gasteiger partial charge is 0.378 e. The minimum absolute atomic E-state index is 0.101. The van der Waals surface area contributed by atoms with Crippen molar-refractivity contribution in [2.24, 2.45) is 12.5 Å². The number of imide groups is 1. The van der Waals surface area contributed by atoms with Gasteiger partial charge in [-0.25, -0.2) is 4.68 Å². The summed E-state index contributed by atoms with van der Waals surface area (Å²) in [5.74, 6) is -0.262. The Bertz CT molecular complexity index is 1860. The van der Waals surface area contributed by atoms with E-state index in [9.17, 15) is 19.2 Å². The number of halogens is 1. The molecule has 0 bridgehead atoms. The highest BCUT2D eigenvalue weighted by Gasteiger charge is 2.39. The van der Waals surface area contributed by atoms with E-state index in [1.54, 1.807) is 13.2 Å². The number of rotatable bonds is 6. The number of likely N-dealkylation sites (N-methyl/N-ethyl adjacent to an activating group) is 1. The summed E-state index contributed by atoms with van der Waals surface area (Å²) in [4.78, 5) is 56.7. The SMILES string of the molecule is Cc1cc(N2CCC3(CCN(C(=O)c4ccc([C@H]5C[C@@H](Nc6cnn(C)c(=O)c6Cl)CN(C)C5)cc4)CC3)CC2)ccc1C1CCC(=O)NC1=O. The van der Waals surface area contributed by atoms with Gasteiger partial charge in [0, 0.05) is 70.0 Å². The summed E-state index contributed by atoms with van der Waals surface area (Å²) in [7, 11) is 3.68. The van der Waals surface area contributed by atoms with Gasteiger partial charge in [-0.3, -0.25) is 24.5 Å². The van der Waals surface area contributed by atoms with E-state index in [-0.39, 0.29) is 51.6 Å². The fourth-order valence-corrected chi connectivity index (χ4v) is 8.96. The molecule has 1 unspecified atom stereocenters. The van der Waals surface area contributed by atoms with E-state index < -0.39 is 0 Å². The molecule has 2 N–H and O–H groups in total. The van der Waals surface area contributed by atoms with Gasteiger partial charge < -0.3 is 20.0 Å². The zero-order valence-corrected chi connectivity index (χ0v) is 30.5. The van der Waals surface area contributed by atoms with Crippen molar-refractivity contribution < 1.29 is 14.4 Å². The molecule has 4 saturated heterocycles. The molecule has 3 atom stereocenters. The monoisotopic (exact) mass is 713 g/mol. The van der Waals surface area contributed by atoms with Crippen molar-refractivity contribution in [3.8, 4) is 0 Å². The zero-order valence-electron chi connectivity index (χ0n) is 29.8. The summed E-state index contributed by atoms with van der Waals surface area (Å²) < 4.78 is 1.23. The minimum Gasteiger partial charge on any atom is -0.378 e. The zero-order chi connectivity index (χ0) is 35.9. The Labute approximate surface area is 304 Å². The van der Waals surface area contributed by atoms with E-state index >= 15 is 0 Å². The molecule has 3 amide bonds. The topological polar surface area (TPSA) is 120 Å². The molecule has 0 radical (unpaired) electrons. The van der Waals surface area contributed by atoms with E-state index in [4.69, 9.17) is 11.6 Å². The number of nitrogens with zero attached hydrogens (tertiary/aromatic N) is 5. The third-order valence-electron chi connectivity index (χ3n) is 11.9. The maximum Gasteiger partial charge on any atom is 0.287 e. The van der Waals surface area contributed by atoms with Gasteiger partial charge in [0.25, 0.3) is 11.5 Å². The molecule has 51 heavy (non-hydrogen) atoms. The molecule has 1 aromatic heterocycles. The Balaban J connectivity index is 0.911. The van der Waals surface area contributed by atoms with E-state index in [0.29, 0.717) is 18.5 Å². The summed E-state index contributed by atoms with van der Waals surface area (Å²) in [6.07, 6.45) is 7.68. The second kappa shape index (κ2) is 14.4.